The minimum Gasteiger partial charge on any atom is -0.324 e. The number of halogens is 1. The molecular formula is C23H30FNOS. The van der Waals surface area contributed by atoms with Crippen molar-refractivity contribution < 1.29 is 9.18 Å². The second kappa shape index (κ2) is 10.6. The summed E-state index contributed by atoms with van der Waals surface area (Å²) in [6.45, 7) is 4.34. The normalized spacial score (nSPS) is 11.6. The number of rotatable bonds is 11. The minimum atomic E-state index is -0.394. The van der Waals surface area contributed by atoms with Crippen LogP contribution in [0.2, 0.25) is 0 Å². The van der Waals surface area contributed by atoms with Crippen molar-refractivity contribution >= 4 is 17.5 Å². The molecule has 0 bridgehead atoms. The molecule has 0 aromatic heterocycles. The topological polar surface area (TPSA) is 43.1 Å². The van der Waals surface area contributed by atoms with Crippen LogP contribution in [0.5, 0.6) is 0 Å². The number of unbranched alkanes of at least 4 members (excludes halogenated alkanes) is 2. The second-order valence-electron chi connectivity index (χ2n) is 7.19. The van der Waals surface area contributed by atoms with Gasteiger partial charge in [-0.2, -0.15) is 0 Å². The number of hydrogen-bond acceptors (Lipinski definition) is 3. The Labute approximate surface area is 166 Å². The Morgan fingerprint density at radius 2 is 1.67 bits per heavy atom. The first-order chi connectivity index (χ1) is 13.0. The molecule has 0 aliphatic rings. The molecule has 0 aliphatic carbocycles. The van der Waals surface area contributed by atoms with Gasteiger partial charge in [0.25, 0.3) is 0 Å². The number of thioether (sulfide) groups is 1. The first kappa shape index (κ1) is 21.6. The summed E-state index contributed by atoms with van der Waals surface area (Å²) < 4.78 is 13.8. The van der Waals surface area contributed by atoms with Crippen LogP contribution in [0, 0.1) is 5.82 Å². The lowest BCUT2D eigenvalue weighted by molar-refractivity contribution is 0.103. The first-order valence-corrected chi connectivity index (χ1v) is 10.8. The van der Waals surface area contributed by atoms with E-state index in [0.717, 1.165) is 49.2 Å². The highest BCUT2D eigenvalue weighted by Crippen LogP contribution is 2.31. The van der Waals surface area contributed by atoms with E-state index in [-0.39, 0.29) is 11.3 Å². The van der Waals surface area contributed by atoms with E-state index < -0.39 is 5.82 Å². The second-order valence-corrected chi connectivity index (χ2v) is 8.21. The molecule has 2 N–H and O–H groups in total. The van der Waals surface area contributed by atoms with Gasteiger partial charge in [-0.1, -0.05) is 69.9 Å². The maximum Gasteiger partial charge on any atom is 0.194 e. The maximum absolute atomic E-state index is 13.8. The third-order valence-electron chi connectivity index (χ3n) is 4.79. The third kappa shape index (κ3) is 6.47. The first-order valence-electron chi connectivity index (χ1n) is 9.80. The summed E-state index contributed by atoms with van der Waals surface area (Å²) >= 11 is 1.57. The van der Waals surface area contributed by atoms with E-state index in [1.54, 1.807) is 30.0 Å². The molecule has 2 aromatic carbocycles. The van der Waals surface area contributed by atoms with E-state index in [2.05, 4.69) is 13.8 Å². The lowest BCUT2D eigenvalue weighted by Gasteiger charge is -2.29. The molecule has 4 heteroatoms. The molecule has 27 heavy (non-hydrogen) atoms. The van der Waals surface area contributed by atoms with Crippen molar-refractivity contribution in [3.8, 4) is 0 Å². The molecule has 0 spiro atoms. The van der Waals surface area contributed by atoms with Gasteiger partial charge in [0.05, 0.1) is 0 Å². The van der Waals surface area contributed by atoms with Crippen molar-refractivity contribution in [2.24, 2.45) is 5.73 Å². The van der Waals surface area contributed by atoms with Gasteiger partial charge in [0, 0.05) is 27.3 Å². The third-order valence-corrected chi connectivity index (χ3v) is 6.18. The Bertz CT molecular complexity index is 724. The lowest BCUT2D eigenvalue weighted by atomic mass is 9.90. The van der Waals surface area contributed by atoms with Crippen LogP contribution >= 0.6 is 11.8 Å². The Kier molecular flexibility index (Phi) is 8.52. The molecule has 0 heterocycles. The summed E-state index contributed by atoms with van der Waals surface area (Å²) in [5, 5.41) is 0. The van der Waals surface area contributed by atoms with Crippen LogP contribution in [-0.2, 0) is 0 Å². The quantitative estimate of drug-likeness (QED) is 0.367. The van der Waals surface area contributed by atoms with E-state index in [1.807, 2.05) is 18.2 Å². The van der Waals surface area contributed by atoms with Gasteiger partial charge < -0.3 is 5.73 Å². The van der Waals surface area contributed by atoms with E-state index in [0.29, 0.717) is 11.1 Å². The highest BCUT2D eigenvalue weighted by molar-refractivity contribution is 7.99. The molecule has 0 saturated heterocycles. The molecule has 0 aliphatic heterocycles. The van der Waals surface area contributed by atoms with Gasteiger partial charge in [-0.05, 0) is 31.0 Å². The maximum atomic E-state index is 13.8. The Hall–Kier alpha value is -1.65. The summed E-state index contributed by atoms with van der Waals surface area (Å²) in [6, 6.07) is 13.5. The molecular weight excluding hydrogens is 357 g/mol. The van der Waals surface area contributed by atoms with Crippen LogP contribution in [0.25, 0.3) is 0 Å². The molecule has 0 amide bonds. The molecule has 0 atom stereocenters. The number of carbonyl (C=O) groups is 1. The standard InChI is InChI=1S/C23H30FNOS/c1-3-5-14-23(25,15-6-4-2)17-27-21-13-12-19(24)16-20(21)22(26)18-10-8-7-9-11-18/h7-13,16H,3-6,14-15,17,25H2,1-2H3. The van der Waals surface area contributed by atoms with E-state index in [1.165, 1.54) is 12.1 Å². The van der Waals surface area contributed by atoms with Gasteiger partial charge in [-0.25, -0.2) is 4.39 Å². The Morgan fingerprint density at radius 3 is 2.26 bits per heavy atom. The molecule has 146 valence electrons. The van der Waals surface area contributed by atoms with E-state index >= 15 is 0 Å². The van der Waals surface area contributed by atoms with Gasteiger partial charge >= 0.3 is 0 Å². The fraction of sp³-hybridized carbons (Fsp3) is 0.435. The highest BCUT2D eigenvalue weighted by atomic mass is 32.2. The van der Waals surface area contributed by atoms with Crippen LogP contribution in [0.1, 0.15) is 68.3 Å². The fourth-order valence-corrected chi connectivity index (χ4v) is 4.30. The zero-order chi connectivity index (χ0) is 19.7. The molecule has 0 saturated carbocycles. The molecule has 2 rings (SSSR count). The van der Waals surface area contributed by atoms with Gasteiger partial charge in [-0.3, -0.25) is 4.79 Å². The zero-order valence-corrected chi connectivity index (χ0v) is 17.2. The van der Waals surface area contributed by atoms with Crippen LogP contribution in [0.15, 0.2) is 53.4 Å². The number of nitrogens with two attached hydrogens (primary N) is 1. The van der Waals surface area contributed by atoms with Gasteiger partial charge in [0.15, 0.2) is 5.78 Å². The smallest absolute Gasteiger partial charge is 0.194 e. The van der Waals surface area contributed by atoms with Crippen molar-refractivity contribution in [3.05, 3.63) is 65.5 Å². The average Bonchev–Trinajstić information content (AvgIpc) is 2.70. The van der Waals surface area contributed by atoms with Gasteiger partial charge in [0.2, 0.25) is 0 Å². The van der Waals surface area contributed by atoms with Crippen molar-refractivity contribution in [1.29, 1.82) is 0 Å². The van der Waals surface area contributed by atoms with Crippen molar-refractivity contribution in [1.82, 2.24) is 0 Å². The predicted molar refractivity (Wildman–Crippen MR) is 113 cm³/mol. The predicted octanol–water partition coefficient (Wildman–Crippen LogP) is 6.23. The molecule has 0 fully saturated rings. The minimum absolute atomic E-state index is 0.151. The largest absolute Gasteiger partial charge is 0.324 e. The number of ketones is 1. The van der Waals surface area contributed by atoms with Crippen molar-refractivity contribution in [2.75, 3.05) is 5.75 Å². The van der Waals surface area contributed by atoms with Crippen LogP contribution < -0.4 is 5.73 Å². The highest BCUT2D eigenvalue weighted by Gasteiger charge is 2.25. The number of hydrogen-bond donors (Lipinski definition) is 1. The average molecular weight is 388 g/mol. The van der Waals surface area contributed by atoms with E-state index in [9.17, 15) is 9.18 Å². The lowest BCUT2D eigenvalue weighted by Crippen LogP contribution is -2.42. The van der Waals surface area contributed by atoms with Crippen LogP contribution in [0.3, 0.4) is 0 Å². The summed E-state index contributed by atoms with van der Waals surface area (Å²) in [6.07, 6.45) is 6.37. The van der Waals surface area contributed by atoms with Crippen molar-refractivity contribution in [3.63, 3.8) is 0 Å². The number of carbonyl (C=O) groups excluding carboxylic acids is 1. The SMILES string of the molecule is CCCCC(N)(CCCC)CSc1ccc(F)cc1C(=O)c1ccccc1. The van der Waals surface area contributed by atoms with Crippen LogP contribution in [-0.4, -0.2) is 17.1 Å². The van der Waals surface area contributed by atoms with E-state index in [4.69, 9.17) is 5.73 Å². The van der Waals surface area contributed by atoms with Gasteiger partial charge in [0.1, 0.15) is 5.82 Å². The molecule has 0 radical (unpaired) electrons. The van der Waals surface area contributed by atoms with Crippen LogP contribution in [0.4, 0.5) is 4.39 Å². The fourth-order valence-electron chi connectivity index (χ4n) is 3.10. The number of benzene rings is 2. The summed E-state index contributed by atoms with van der Waals surface area (Å²) in [7, 11) is 0. The van der Waals surface area contributed by atoms with Gasteiger partial charge in [-0.15, -0.1) is 11.8 Å². The Morgan fingerprint density at radius 1 is 1.04 bits per heavy atom. The summed E-state index contributed by atoms with van der Waals surface area (Å²) in [5.74, 6) is 0.185. The molecule has 2 nitrogen and oxygen atoms in total. The molecule has 2 aromatic rings. The zero-order valence-electron chi connectivity index (χ0n) is 16.3. The summed E-state index contributed by atoms with van der Waals surface area (Å²) in [4.78, 5) is 13.7. The Balaban J connectivity index is 2.21. The molecule has 0 unspecified atom stereocenters. The van der Waals surface area contributed by atoms with Crippen molar-refractivity contribution in [2.45, 2.75) is 62.8 Å². The summed E-state index contributed by atoms with van der Waals surface area (Å²) in [5.41, 5.74) is 7.44. The monoisotopic (exact) mass is 387 g/mol.